The van der Waals surface area contributed by atoms with Gasteiger partial charge in [0.2, 0.25) is 0 Å². The molecular formula is C23H34N8O2. The summed E-state index contributed by atoms with van der Waals surface area (Å²) in [6, 6.07) is 9.93. The number of nitrogens with zero attached hydrogens (tertiary/aromatic N) is 4. The molecule has 6 N–H and O–H groups in total. The van der Waals surface area contributed by atoms with Gasteiger partial charge in [0.05, 0.1) is 5.69 Å². The highest BCUT2D eigenvalue weighted by Crippen LogP contribution is 2.22. The lowest BCUT2D eigenvalue weighted by molar-refractivity contribution is 0.162. The molecule has 2 heterocycles. The molecule has 10 nitrogen and oxygen atoms in total. The van der Waals surface area contributed by atoms with Gasteiger partial charge in [-0.3, -0.25) is 14.8 Å². The highest BCUT2D eigenvalue weighted by atomic mass is 16.2. The summed E-state index contributed by atoms with van der Waals surface area (Å²) in [6.07, 6.45) is 4.44. The zero-order valence-electron chi connectivity index (χ0n) is 19.1. The third-order valence-corrected chi connectivity index (χ3v) is 6.47. The van der Waals surface area contributed by atoms with Crippen LogP contribution in [0, 0.1) is 0 Å². The standard InChI is InChI=1S/C23H34N8O2/c1-29(20-13-17(24)12-18(25)14-20)15-16-2-4-19(5-3-16)31-9-6-21(28-23(31)33)27-22(32)30-10-7-26-8-11-30/h2-6,9,17-18,20,26H,7-8,10-15,24-25H2,1H3,(H,27,28,32,33)/t17-,18+,20?. The maximum Gasteiger partial charge on any atom is 0.354 e. The van der Waals surface area contributed by atoms with Crippen molar-refractivity contribution >= 4 is 11.8 Å². The Labute approximate surface area is 193 Å². The number of benzene rings is 1. The molecule has 0 radical (unpaired) electrons. The Morgan fingerprint density at radius 3 is 2.42 bits per heavy atom. The molecule has 1 aromatic carbocycles. The van der Waals surface area contributed by atoms with Gasteiger partial charge < -0.3 is 21.7 Å². The van der Waals surface area contributed by atoms with Crippen LogP contribution in [0.15, 0.2) is 41.3 Å². The first-order valence-corrected chi connectivity index (χ1v) is 11.6. The number of aromatic nitrogens is 2. The van der Waals surface area contributed by atoms with Crippen molar-refractivity contribution in [3.05, 3.63) is 52.6 Å². The van der Waals surface area contributed by atoms with E-state index >= 15 is 0 Å². The van der Waals surface area contributed by atoms with Crippen molar-refractivity contribution in [2.75, 3.05) is 38.5 Å². The highest BCUT2D eigenvalue weighted by Gasteiger charge is 2.27. The average molecular weight is 455 g/mol. The molecule has 2 fully saturated rings. The van der Waals surface area contributed by atoms with Gasteiger partial charge in [0.25, 0.3) is 0 Å². The maximum atomic E-state index is 12.6. The van der Waals surface area contributed by atoms with Crippen molar-refractivity contribution in [2.24, 2.45) is 11.5 Å². The number of amides is 2. The molecule has 0 bridgehead atoms. The number of urea groups is 1. The van der Waals surface area contributed by atoms with Crippen molar-refractivity contribution in [3.8, 4) is 5.69 Å². The van der Waals surface area contributed by atoms with Crippen molar-refractivity contribution < 1.29 is 4.79 Å². The van der Waals surface area contributed by atoms with Crippen molar-refractivity contribution in [2.45, 2.75) is 43.9 Å². The molecule has 33 heavy (non-hydrogen) atoms. The predicted molar refractivity (Wildman–Crippen MR) is 128 cm³/mol. The summed E-state index contributed by atoms with van der Waals surface area (Å²) in [5.74, 6) is 0.252. The number of nitrogens with one attached hydrogen (secondary N) is 2. The van der Waals surface area contributed by atoms with Crippen LogP contribution < -0.4 is 27.8 Å². The van der Waals surface area contributed by atoms with E-state index in [1.165, 1.54) is 4.57 Å². The van der Waals surface area contributed by atoms with Gasteiger partial charge in [-0.15, -0.1) is 0 Å². The highest BCUT2D eigenvalue weighted by molar-refractivity contribution is 5.88. The topological polar surface area (TPSA) is 135 Å². The Balaban J connectivity index is 1.38. The largest absolute Gasteiger partial charge is 0.354 e. The van der Waals surface area contributed by atoms with Gasteiger partial charge in [-0.05, 0) is 50.1 Å². The molecular weight excluding hydrogens is 420 g/mol. The van der Waals surface area contributed by atoms with E-state index in [2.05, 4.69) is 27.6 Å². The lowest BCUT2D eigenvalue weighted by atomic mass is 9.87. The van der Waals surface area contributed by atoms with Gasteiger partial charge in [0.1, 0.15) is 5.82 Å². The quantitative estimate of drug-likeness (QED) is 0.511. The van der Waals surface area contributed by atoms with Gasteiger partial charge in [0.15, 0.2) is 0 Å². The summed E-state index contributed by atoms with van der Waals surface area (Å²) in [5.41, 5.74) is 13.7. The van der Waals surface area contributed by atoms with Gasteiger partial charge in [-0.2, -0.15) is 4.98 Å². The van der Waals surface area contributed by atoms with Crippen LogP contribution in [0.25, 0.3) is 5.69 Å². The molecule has 178 valence electrons. The number of carbonyl (C=O) groups excluding carboxylic acids is 1. The molecule has 1 saturated carbocycles. The Morgan fingerprint density at radius 1 is 1.12 bits per heavy atom. The molecule has 2 aromatic rings. The summed E-state index contributed by atoms with van der Waals surface area (Å²) < 4.78 is 1.47. The van der Waals surface area contributed by atoms with E-state index in [0.717, 1.165) is 50.1 Å². The minimum Gasteiger partial charge on any atom is -0.328 e. The Bertz CT molecular complexity index is 992. The van der Waals surface area contributed by atoms with Crippen molar-refractivity contribution in [1.29, 1.82) is 0 Å². The van der Waals surface area contributed by atoms with Crippen LogP contribution in [0.2, 0.25) is 0 Å². The zero-order valence-corrected chi connectivity index (χ0v) is 19.1. The number of hydrogen-bond acceptors (Lipinski definition) is 7. The molecule has 1 aromatic heterocycles. The van der Waals surface area contributed by atoms with E-state index in [9.17, 15) is 9.59 Å². The molecule has 4 rings (SSSR count). The molecule has 0 spiro atoms. The zero-order chi connectivity index (χ0) is 23.4. The fourth-order valence-electron chi connectivity index (χ4n) is 4.64. The second-order valence-corrected chi connectivity index (χ2v) is 9.10. The minimum atomic E-state index is -0.442. The van der Waals surface area contributed by atoms with Crippen LogP contribution in [0.5, 0.6) is 0 Å². The van der Waals surface area contributed by atoms with Crippen LogP contribution in [-0.4, -0.2) is 76.7 Å². The molecule has 2 aliphatic rings. The summed E-state index contributed by atoms with van der Waals surface area (Å²) in [6.45, 7) is 3.57. The van der Waals surface area contributed by atoms with E-state index in [4.69, 9.17) is 11.5 Å². The predicted octanol–water partition coefficient (Wildman–Crippen LogP) is 0.309. The lowest BCUT2D eigenvalue weighted by Gasteiger charge is -2.37. The average Bonchev–Trinajstić information content (AvgIpc) is 2.80. The Kier molecular flexibility index (Phi) is 7.39. The number of rotatable bonds is 5. The molecule has 3 atom stereocenters. The van der Waals surface area contributed by atoms with Gasteiger partial charge in [-0.25, -0.2) is 9.59 Å². The molecule has 10 heteroatoms. The number of carbonyl (C=O) groups is 1. The molecule has 2 amide bonds. The minimum absolute atomic E-state index is 0.160. The molecule has 1 aliphatic heterocycles. The number of anilines is 1. The van der Waals surface area contributed by atoms with Gasteiger partial charge in [0, 0.05) is 57.0 Å². The fraction of sp³-hybridized carbons (Fsp3) is 0.522. The SMILES string of the molecule is CN(Cc1ccc(-n2ccc(NC(=O)N3CCNCC3)nc2=O)cc1)C1C[C@@H](N)C[C@@H](N)C1. The van der Waals surface area contributed by atoms with Crippen LogP contribution in [0.4, 0.5) is 10.6 Å². The number of nitrogens with two attached hydrogens (primary N) is 2. The number of piperazine rings is 1. The van der Waals surface area contributed by atoms with E-state index in [-0.39, 0.29) is 23.9 Å². The lowest BCUT2D eigenvalue weighted by Crippen LogP contribution is -2.48. The molecule has 1 aliphatic carbocycles. The van der Waals surface area contributed by atoms with Crippen LogP contribution in [0.3, 0.4) is 0 Å². The number of hydrogen-bond donors (Lipinski definition) is 4. The normalized spacial score (nSPS) is 23.5. The van der Waals surface area contributed by atoms with Crippen molar-refractivity contribution in [1.82, 2.24) is 24.7 Å². The van der Waals surface area contributed by atoms with Crippen LogP contribution in [0.1, 0.15) is 24.8 Å². The third kappa shape index (κ3) is 5.97. The second-order valence-electron chi connectivity index (χ2n) is 9.10. The summed E-state index contributed by atoms with van der Waals surface area (Å²) >= 11 is 0. The van der Waals surface area contributed by atoms with Gasteiger partial charge in [-0.1, -0.05) is 12.1 Å². The monoisotopic (exact) mass is 454 g/mol. The third-order valence-electron chi connectivity index (χ3n) is 6.47. The smallest absolute Gasteiger partial charge is 0.328 e. The first-order chi connectivity index (χ1) is 15.9. The van der Waals surface area contributed by atoms with E-state index < -0.39 is 5.69 Å². The molecule has 1 saturated heterocycles. The second kappa shape index (κ2) is 10.4. The first kappa shape index (κ1) is 23.4. The summed E-state index contributed by atoms with van der Waals surface area (Å²) in [7, 11) is 2.10. The Hall–Kier alpha value is -2.79. The van der Waals surface area contributed by atoms with Crippen molar-refractivity contribution in [3.63, 3.8) is 0 Å². The van der Waals surface area contributed by atoms with Crippen LogP contribution >= 0.6 is 0 Å². The van der Waals surface area contributed by atoms with Gasteiger partial charge >= 0.3 is 11.7 Å². The fourth-order valence-corrected chi connectivity index (χ4v) is 4.64. The summed E-state index contributed by atoms with van der Waals surface area (Å²) in [4.78, 5) is 32.9. The van der Waals surface area contributed by atoms with E-state index in [1.807, 2.05) is 24.3 Å². The van der Waals surface area contributed by atoms with Crippen LogP contribution in [-0.2, 0) is 6.54 Å². The first-order valence-electron chi connectivity index (χ1n) is 11.6. The molecule has 1 unspecified atom stereocenters. The summed E-state index contributed by atoms with van der Waals surface area (Å²) in [5, 5.41) is 5.91. The van der Waals surface area contributed by atoms with E-state index in [1.54, 1.807) is 17.2 Å². The Morgan fingerprint density at radius 2 is 1.79 bits per heavy atom. The maximum absolute atomic E-state index is 12.6. The van der Waals surface area contributed by atoms with E-state index in [0.29, 0.717) is 19.1 Å².